The van der Waals surface area contributed by atoms with Crippen LogP contribution in [0.3, 0.4) is 0 Å². The second kappa shape index (κ2) is 9.69. The first kappa shape index (κ1) is 23.3. The van der Waals surface area contributed by atoms with Gasteiger partial charge in [-0.25, -0.2) is 0 Å². The summed E-state index contributed by atoms with van der Waals surface area (Å²) in [6.45, 7) is 16.3. The molecule has 4 atom stereocenters. The molecule has 2 rings (SSSR count). The number of carbonyl (C=O) groups excluding carboxylic acids is 1. The Balaban J connectivity index is 2.21. The highest BCUT2D eigenvalue weighted by Gasteiger charge is 2.54. The first-order valence-electron chi connectivity index (χ1n) is 10.9. The van der Waals surface area contributed by atoms with Gasteiger partial charge in [0.25, 0.3) is 0 Å². The van der Waals surface area contributed by atoms with E-state index < -0.39 is 6.10 Å². The standard InChI is InChI=1S/C24H40O4/c1-7-27-22(28-8-2)14-18(16-25)10-11-19-17(3)20(26)15-21-23(4,5)12-9-13-24(19,21)6/h10,16,19-22,26H,3,7-9,11-15H2,1-2,4-6H3/b18-10+/t19-,20-,21+,24+/m0/s1. The van der Waals surface area contributed by atoms with Crippen molar-refractivity contribution >= 4 is 6.29 Å². The van der Waals surface area contributed by atoms with Gasteiger partial charge in [-0.05, 0) is 73.3 Å². The minimum atomic E-state index is -0.451. The Labute approximate surface area is 171 Å². The monoisotopic (exact) mass is 392 g/mol. The van der Waals surface area contributed by atoms with Crippen LogP contribution in [0.2, 0.25) is 0 Å². The van der Waals surface area contributed by atoms with Gasteiger partial charge in [-0.15, -0.1) is 0 Å². The number of allylic oxidation sites excluding steroid dienone is 1. The molecule has 4 nitrogen and oxygen atoms in total. The van der Waals surface area contributed by atoms with Gasteiger partial charge in [0.05, 0.1) is 6.10 Å². The molecular weight excluding hydrogens is 352 g/mol. The van der Waals surface area contributed by atoms with Crippen LogP contribution in [0.25, 0.3) is 0 Å². The molecule has 1 N–H and O–H groups in total. The molecule has 2 aliphatic rings. The number of hydrogen-bond acceptors (Lipinski definition) is 4. The SMILES string of the molecule is C=C1[C@@H](O)C[C@@H]2C(C)(C)CCC[C@]2(C)[C@H]1C/C=C(/C=O)CC(OCC)OCC. The number of aldehydes is 1. The number of rotatable bonds is 9. The Hall–Kier alpha value is -0.970. The lowest BCUT2D eigenvalue weighted by atomic mass is 9.46. The summed E-state index contributed by atoms with van der Waals surface area (Å²) in [4.78, 5) is 11.7. The third-order valence-corrected chi connectivity index (χ3v) is 7.28. The molecule has 28 heavy (non-hydrogen) atoms. The van der Waals surface area contributed by atoms with E-state index in [2.05, 4.69) is 27.4 Å². The predicted octanol–water partition coefficient (Wildman–Crippen LogP) is 5.06. The van der Waals surface area contributed by atoms with Crippen LogP contribution < -0.4 is 0 Å². The smallest absolute Gasteiger partial charge is 0.161 e. The Morgan fingerprint density at radius 1 is 1.25 bits per heavy atom. The zero-order valence-corrected chi connectivity index (χ0v) is 18.5. The Kier molecular flexibility index (Phi) is 8.06. The van der Waals surface area contributed by atoms with Gasteiger partial charge in [0.1, 0.15) is 6.29 Å². The van der Waals surface area contributed by atoms with E-state index in [9.17, 15) is 9.90 Å². The van der Waals surface area contributed by atoms with Gasteiger partial charge < -0.3 is 14.6 Å². The average molecular weight is 393 g/mol. The summed E-state index contributed by atoms with van der Waals surface area (Å²) in [5, 5.41) is 10.7. The third kappa shape index (κ3) is 4.95. The summed E-state index contributed by atoms with van der Waals surface area (Å²) in [5.74, 6) is 0.653. The van der Waals surface area contributed by atoms with Gasteiger partial charge >= 0.3 is 0 Å². The van der Waals surface area contributed by atoms with Crippen LogP contribution in [-0.2, 0) is 14.3 Å². The van der Waals surface area contributed by atoms with Crippen LogP contribution in [0.4, 0.5) is 0 Å². The van der Waals surface area contributed by atoms with Crippen molar-refractivity contribution in [2.45, 2.75) is 85.5 Å². The van der Waals surface area contributed by atoms with Crippen LogP contribution in [0, 0.1) is 22.7 Å². The molecule has 0 spiro atoms. The number of aliphatic hydroxyl groups is 1. The predicted molar refractivity (Wildman–Crippen MR) is 113 cm³/mol. The topological polar surface area (TPSA) is 55.8 Å². The zero-order chi connectivity index (χ0) is 20.9. The van der Waals surface area contributed by atoms with Crippen LogP contribution in [0.5, 0.6) is 0 Å². The second-order valence-corrected chi connectivity index (χ2v) is 9.46. The molecule has 0 heterocycles. The first-order valence-corrected chi connectivity index (χ1v) is 10.9. The summed E-state index contributed by atoms with van der Waals surface area (Å²) >= 11 is 0. The van der Waals surface area contributed by atoms with E-state index in [-0.39, 0.29) is 23.0 Å². The highest BCUT2D eigenvalue weighted by molar-refractivity contribution is 5.73. The maximum atomic E-state index is 11.7. The first-order chi connectivity index (χ1) is 13.2. The average Bonchev–Trinajstić information content (AvgIpc) is 2.62. The van der Waals surface area contributed by atoms with Crippen molar-refractivity contribution in [1.29, 1.82) is 0 Å². The van der Waals surface area contributed by atoms with Crippen molar-refractivity contribution in [3.05, 3.63) is 23.8 Å². The van der Waals surface area contributed by atoms with Crippen molar-refractivity contribution < 1.29 is 19.4 Å². The molecule has 0 aliphatic heterocycles. The van der Waals surface area contributed by atoms with Crippen molar-refractivity contribution in [2.75, 3.05) is 13.2 Å². The third-order valence-electron chi connectivity index (χ3n) is 7.28. The minimum absolute atomic E-state index is 0.113. The lowest BCUT2D eigenvalue weighted by Crippen LogP contribution is -2.52. The molecule has 0 aromatic carbocycles. The van der Waals surface area contributed by atoms with Crippen molar-refractivity contribution in [3.8, 4) is 0 Å². The quantitative estimate of drug-likeness (QED) is 0.258. The van der Waals surface area contributed by atoms with Crippen molar-refractivity contribution in [3.63, 3.8) is 0 Å². The Bertz CT molecular complexity index is 573. The highest BCUT2D eigenvalue weighted by Crippen LogP contribution is 2.61. The fraction of sp³-hybridized carbons (Fsp3) is 0.792. The molecule has 2 saturated carbocycles. The van der Waals surface area contributed by atoms with E-state index in [4.69, 9.17) is 9.47 Å². The Morgan fingerprint density at radius 2 is 1.89 bits per heavy atom. The molecule has 0 amide bonds. The summed E-state index contributed by atoms with van der Waals surface area (Å²) in [5.41, 5.74) is 1.97. The normalized spacial score (nSPS) is 33.0. The summed E-state index contributed by atoms with van der Waals surface area (Å²) in [7, 11) is 0. The molecule has 0 aromatic heterocycles. The van der Waals surface area contributed by atoms with Crippen LogP contribution >= 0.6 is 0 Å². The van der Waals surface area contributed by atoms with Crippen LogP contribution in [0.15, 0.2) is 23.8 Å². The van der Waals surface area contributed by atoms with Gasteiger partial charge in [0.15, 0.2) is 6.29 Å². The van der Waals surface area contributed by atoms with Gasteiger partial charge in [-0.3, -0.25) is 4.79 Å². The van der Waals surface area contributed by atoms with E-state index in [0.717, 1.165) is 31.1 Å². The van der Waals surface area contributed by atoms with E-state index in [1.165, 1.54) is 12.8 Å². The number of ether oxygens (including phenoxy) is 2. The lowest BCUT2D eigenvalue weighted by molar-refractivity contribution is -0.136. The lowest BCUT2D eigenvalue weighted by Gasteiger charge is -2.59. The number of hydrogen-bond donors (Lipinski definition) is 1. The molecule has 2 aliphatic carbocycles. The maximum Gasteiger partial charge on any atom is 0.161 e. The molecule has 0 aromatic rings. The van der Waals surface area contributed by atoms with E-state index >= 15 is 0 Å². The van der Waals surface area contributed by atoms with E-state index in [1.807, 2.05) is 19.9 Å². The van der Waals surface area contributed by atoms with Crippen LogP contribution in [-0.4, -0.2) is 37.0 Å². The Morgan fingerprint density at radius 3 is 2.46 bits per heavy atom. The number of aliphatic hydroxyl groups excluding tert-OH is 1. The fourth-order valence-electron chi connectivity index (χ4n) is 5.80. The number of fused-ring (bicyclic) bond motifs is 1. The summed E-state index contributed by atoms with van der Waals surface area (Å²) in [6.07, 6.45) is 7.67. The van der Waals surface area contributed by atoms with E-state index in [0.29, 0.717) is 31.1 Å². The molecule has 4 heteroatoms. The molecule has 0 bridgehead atoms. The minimum Gasteiger partial charge on any atom is -0.389 e. The van der Waals surface area contributed by atoms with Gasteiger partial charge in [-0.2, -0.15) is 0 Å². The molecule has 0 radical (unpaired) electrons. The molecule has 0 unspecified atom stereocenters. The van der Waals surface area contributed by atoms with Crippen molar-refractivity contribution in [2.24, 2.45) is 22.7 Å². The van der Waals surface area contributed by atoms with E-state index in [1.54, 1.807) is 0 Å². The zero-order valence-electron chi connectivity index (χ0n) is 18.5. The summed E-state index contributed by atoms with van der Waals surface area (Å²) < 4.78 is 11.2. The van der Waals surface area contributed by atoms with Gasteiger partial charge in [0, 0.05) is 19.6 Å². The molecule has 0 saturated heterocycles. The van der Waals surface area contributed by atoms with Gasteiger partial charge in [-0.1, -0.05) is 39.8 Å². The van der Waals surface area contributed by atoms with Gasteiger partial charge in [0.2, 0.25) is 0 Å². The fourth-order valence-corrected chi connectivity index (χ4v) is 5.80. The van der Waals surface area contributed by atoms with Crippen LogP contribution in [0.1, 0.15) is 73.1 Å². The molecule has 2 fully saturated rings. The van der Waals surface area contributed by atoms with Crippen molar-refractivity contribution in [1.82, 2.24) is 0 Å². The number of carbonyl (C=O) groups is 1. The second-order valence-electron chi connectivity index (χ2n) is 9.46. The summed E-state index contributed by atoms with van der Waals surface area (Å²) in [6, 6.07) is 0. The highest BCUT2D eigenvalue weighted by atomic mass is 16.7. The largest absolute Gasteiger partial charge is 0.389 e. The molecule has 160 valence electrons. The molecular formula is C24H40O4. The maximum absolute atomic E-state index is 11.7.